The number of para-hydroxylation sites is 2. The maximum atomic E-state index is 13.1. The molecule has 1 heterocycles. The zero-order chi connectivity index (χ0) is 24.6. The first-order chi connectivity index (χ1) is 17.1. The van der Waals surface area contributed by atoms with Crippen LogP contribution in [-0.2, 0) is 16.1 Å². The molecule has 4 rings (SSSR count). The van der Waals surface area contributed by atoms with Gasteiger partial charge in [0.15, 0.2) is 11.5 Å². The van der Waals surface area contributed by atoms with E-state index in [1.807, 2.05) is 42.5 Å². The SMILES string of the molecule is COc1ccccc1OCCNC(=O)CNC(=O)[C@@H]1c2ccccc2C(=O)N1Cc1ccccc1. The van der Waals surface area contributed by atoms with Gasteiger partial charge in [0.25, 0.3) is 5.91 Å². The fraction of sp³-hybridized carbons (Fsp3) is 0.222. The van der Waals surface area contributed by atoms with Crippen molar-refractivity contribution in [3.8, 4) is 11.5 Å². The van der Waals surface area contributed by atoms with E-state index in [2.05, 4.69) is 10.6 Å². The van der Waals surface area contributed by atoms with E-state index in [0.29, 0.717) is 29.2 Å². The Balaban J connectivity index is 1.32. The fourth-order valence-electron chi connectivity index (χ4n) is 4.01. The third-order valence-electron chi connectivity index (χ3n) is 5.68. The van der Waals surface area contributed by atoms with Gasteiger partial charge in [-0.15, -0.1) is 0 Å². The lowest BCUT2D eigenvalue weighted by Crippen LogP contribution is -2.43. The minimum Gasteiger partial charge on any atom is -0.493 e. The van der Waals surface area contributed by atoms with Crippen LogP contribution in [0.25, 0.3) is 0 Å². The van der Waals surface area contributed by atoms with E-state index >= 15 is 0 Å². The van der Waals surface area contributed by atoms with E-state index in [-0.39, 0.29) is 31.5 Å². The molecule has 1 atom stereocenters. The molecule has 0 saturated carbocycles. The molecule has 1 aliphatic rings. The van der Waals surface area contributed by atoms with Crippen molar-refractivity contribution in [1.29, 1.82) is 0 Å². The van der Waals surface area contributed by atoms with E-state index < -0.39 is 11.9 Å². The Hall–Kier alpha value is -4.33. The second-order valence-corrected chi connectivity index (χ2v) is 7.98. The quantitative estimate of drug-likeness (QED) is 0.442. The molecule has 35 heavy (non-hydrogen) atoms. The third kappa shape index (κ3) is 5.60. The summed E-state index contributed by atoms with van der Waals surface area (Å²) in [6, 6.07) is 23.0. The summed E-state index contributed by atoms with van der Waals surface area (Å²) >= 11 is 0. The van der Waals surface area contributed by atoms with Crippen LogP contribution in [0.1, 0.15) is 27.5 Å². The largest absolute Gasteiger partial charge is 0.493 e. The van der Waals surface area contributed by atoms with Gasteiger partial charge >= 0.3 is 0 Å². The predicted molar refractivity (Wildman–Crippen MR) is 130 cm³/mol. The number of carbonyl (C=O) groups excluding carboxylic acids is 3. The normalized spacial score (nSPS) is 14.3. The van der Waals surface area contributed by atoms with Crippen LogP contribution >= 0.6 is 0 Å². The molecule has 8 nitrogen and oxygen atoms in total. The van der Waals surface area contributed by atoms with Crippen LogP contribution in [0, 0.1) is 0 Å². The van der Waals surface area contributed by atoms with Crippen LogP contribution in [0.5, 0.6) is 11.5 Å². The number of hydrogen-bond acceptors (Lipinski definition) is 5. The highest BCUT2D eigenvalue weighted by Crippen LogP contribution is 2.34. The Morgan fingerprint density at radius 1 is 0.886 bits per heavy atom. The van der Waals surface area contributed by atoms with E-state index in [1.54, 1.807) is 43.5 Å². The first kappa shape index (κ1) is 23.8. The highest BCUT2D eigenvalue weighted by molar-refractivity contribution is 6.05. The van der Waals surface area contributed by atoms with Gasteiger partial charge in [0, 0.05) is 12.1 Å². The van der Waals surface area contributed by atoms with E-state index in [1.165, 1.54) is 4.90 Å². The summed E-state index contributed by atoms with van der Waals surface area (Å²) in [7, 11) is 1.56. The van der Waals surface area contributed by atoms with Crippen molar-refractivity contribution in [3.05, 3.63) is 95.6 Å². The van der Waals surface area contributed by atoms with Crippen molar-refractivity contribution < 1.29 is 23.9 Å². The summed E-state index contributed by atoms with van der Waals surface area (Å²) in [6.07, 6.45) is 0. The van der Waals surface area contributed by atoms with Crippen LogP contribution in [0.15, 0.2) is 78.9 Å². The van der Waals surface area contributed by atoms with Crippen molar-refractivity contribution in [1.82, 2.24) is 15.5 Å². The summed E-state index contributed by atoms with van der Waals surface area (Å²) in [5.41, 5.74) is 2.05. The molecular weight excluding hydrogens is 446 g/mol. The van der Waals surface area contributed by atoms with E-state index in [0.717, 1.165) is 5.56 Å². The molecule has 180 valence electrons. The fourth-order valence-corrected chi connectivity index (χ4v) is 4.01. The topological polar surface area (TPSA) is 97.0 Å². The summed E-state index contributed by atoms with van der Waals surface area (Å²) in [4.78, 5) is 40.0. The molecule has 1 aliphatic heterocycles. The van der Waals surface area contributed by atoms with Crippen molar-refractivity contribution in [2.45, 2.75) is 12.6 Å². The molecule has 8 heteroatoms. The van der Waals surface area contributed by atoms with Crippen molar-refractivity contribution in [2.24, 2.45) is 0 Å². The van der Waals surface area contributed by atoms with Gasteiger partial charge in [-0.3, -0.25) is 14.4 Å². The van der Waals surface area contributed by atoms with Crippen LogP contribution < -0.4 is 20.1 Å². The van der Waals surface area contributed by atoms with Crippen LogP contribution in [0.4, 0.5) is 0 Å². The number of ether oxygens (including phenoxy) is 2. The maximum absolute atomic E-state index is 13.1. The molecule has 3 amide bonds. The average Bonchev–Trinajstić information content (AvgIpc) is 3.17. The van der Waals surface area contributed by atoms with Gasteiger partial charge in [-0.05, 0) is 29.3 Å². The summed E-state index contributed by atoms with van der Waals surface area (Å²) in [5, 5.41) is 5.39. The second-order valence-electron chi connectivity index (χ2n) is 7.98. The molecule has 0 aromatic heterocycles. The van der Waals surface area contributed by atoms with E-state index in [9.17, 15) is 14.4 Å². The number of benzene rings is 3. The van der Waals surface area contributed by atoms with Crippen molar-refractivity contribution >= 4 is 17.7 Å². The zero-order valence-corrected chi connectivity index (χ0v) is 19.4. The zero-order valence-electron chi connectivity index (χ0n) is 19.4. The number of nitrogens with one attached hydrogen (secondary N) is 2. The van der Waals surface area contributed by atoms with Crippen molar-refractivity contribution in [3.63, 3.8) is 0 Å². The highest BCUT2D eigenvalue weighted by Gasteiger charge is 2.40. The first-order valence-corrected chi connectivity index (χ1v) is 11.3. The highest BCUT2D eigenvalue weighted by atomic mass is 16.5. The van der Waals surface area contributed by atoms with Gasteiger partial charge in [0.05, 0.1) is 20.2 Å². The Labute approximate surface area is 203 Å². The number of hydrogen-bond donors (Lipinski definition) is 2. The lowest BCUT2D eigenvalue weighted by molar-refractivity contribution is -0.129. The van der Waals surface area contributed by atoms with Crippen LogP contribution in [-0.4, -0.2) is 49.4 Å². The number of carbonyl (C=O) groups is 3. The second kappa shape index (κ2) is 11.2. The smallest absolute Gasteiger partial charge is 0.255 e. The number of rotatable bonds is 10. The Morgan fingerprint density at radius 2 is 1.57 bits per heavy atom. The van der Waals surface area contributed by atoms with Crippen molar-refractivity contribution in [2.75, 3.05) is 26.8 Å². The molecule has 0 bridgehead atoms. The Morgan fingerprint density at radius 3 is 2.34 bits per heavy atom. The van der Waals surface area contributed by atoms with Crippen LogP contribution in [0.2, 0.25) is 0 Å². The van der Waals surface area contributed by atoms with Gasteiger partial charge < -0.3 is 25.0 Å². The standard InChI is InChI=1S/C27H27N3O5/c1-34-22-13-7-8-14-23(22)35-16-15-28-24(31)17-29-26(32)25-20-11-5-6-12-21(20)27(33)30(25)18-19-9-3-2-4-10-19/h2-14,25H,15-18H2,1H3,(H,28,31)(H,29,32)/t25-/m0/s1. The van der Waals surface area contributed by atoms with Gasteiger partial charge in [-0.2, -0.15) is 0 Å². The number of fused-ring (bicyclic) bond motifs is 1. The van der Waals surface area contributed by atoms with Crippen LogP contribution in [0.3, 0.4) is 0 Å². The van der Waals surface area contributed by atoms with Gasteiger partial charge in [0.1, 0.15) is 12.6 Å². The molecule has 0 aliphatic carbocycles. The number of nitrogens with zero attached hydrogens (tertiary/aromatic N) is 1. The molecule has 2 N–H and O–H groups in total. The molecule has 0 fully saturated rings. The molecule has 0 unspecified atom stereocenters. The molecule has 0 spiro atoms. The van der Waals surface area contributed by atoms with Gasteiger partial charge in [-0.25, -0.2) is 0 Å². The molecule has 3 aromatic carbocycles. The van der Waals surface area contributed by atoms with E-state index in [4.69, 9.17) is 9.47 Å². The molecule has 3 aromatic rings. The first-order valence-electron chi connectivity index (χ1n) is 11.3. The molecule has 0 saturated heterocycles. The molecular formula is C27H27N3O5. The minimum absolute atomic E-state index is 0.206. The lowest BCUT2D eigenvalue weighted by Gasteiger charge is -2.24. The summed E-state index contributed by atoms with van der Waals surface area (Å²) in [6.45, 7) is 0.589. The van der Waals surface area contributed by atoms with Gasteiger partial charge in [0.2, 0.25) is 11.8 Å². The summed E-state index contributed by atoms with van der Waals surface area (Å²) in [5.74, 6) is 0.231. The number of methoxy groups -OCH3 is 1. The third-order valence-corrected chi connectivity index (χ3v) is 5.68. The maximum Gasteiger partial charge on any atom is 0.255 e. The summed E-state index contributed by atoms with van der Waals surface area (Å²) < 4.78 is 10.9. The lowest BCUT2D eigenvalue weighted by atomic mass is 10.0. The Bertz CT molecular complexity index is 1200. The average molecular weight is 474 g/mol. The minimum atomic E-state index is -0.805. The predicted octanol–water partition coefficient (Wildman–Crippen LogP) is 2.70. The Kier molecular flexibility index (Phi) is 7.62. The van der Waals surface area contributed by atoms with Gasteiger partial charge in [-0.1, -0.05) is 60.7 Å². The monoisotopic (exact) mass is 473 g/mol. The number of amides is 3. The molecule has 0 radical (unpaired) electrons.